The first-order valence-corrected chi connectivity index (χ1v) is 7.53. The molecule has 19 heavy (non-hydrogen) atoms. The third kappa shape index (κ3) is 5.49. The molecule has 1 rings (SSSR count). The lowest BCUT2D eigenvalue weighted by molar-refractivity contribution is -0.151. The van der Waals surface area contributed by atoms with Crippen LogP contribution in [0.4, 0.5) is 0 Å². The van der Waals surface area contributed by atoms with Gasteiger partial charge in [-0.15, -0.1) is 0 Å². The molecule has 0 aliphatic heterocycles. The second kappa shape index (κ2) is 7.85. The van der Waals surface area contributed by atoms with Gasteiger partial charge >= 0.3 is 5.97 Å². The zero-order valence-corrected chi connectivity index (χ0v) is 12.8. The second-order valence-electron chi connectivity index (χ2n) is 6.39. The third-order valence-corrected chi connectivity index (χ3v) is 4.23. The van der Waals surface area contributed by atoms with Crippen molar-refractivity contribution < 1.29 is 9.90 Å². The minimum Gasteiger partial charge on any atom is -0.481 e. The van der Waals surface area contributed by atoms with Gasteiger partial charge in [0.25, 0.3) is 0 Å². The lowest BCUT2D eigenvalue weighted by atomic mass is 9.80. The molecule has 0 heterocycles. The molecule has 0 amide bonds. The topological polar surface area (TPSA) is 43.8 Å². The summed E-state index contributed by atoms with van der Waals surface area (Å²) in [6, 6.07) is 0. The molecule has 1 aliphatic carbocycles. The standard InChI is InChI=1S/C15H30N2O2/c1-16(2)11-8-12-17(3)13-15(14(18)19)9-6-4-5-7-10-15/h4-13H2,1-3H3,(H,18,19). The van der Waals surface area contributed by atoms with Gasteiger partial charge < -0.3 is 14.9 Å². The summed E-state index contributed by atoms with van der Waals surface area (Å²) in [5, 5.41) is 9.64. The quantitative estimate of drug-likeness (QED) is 0.721. The van der Waals surface area contributed by atoms with Gasteiger partial charge in [0.05, 0.1) is 5.41 Å². The maximum atomic E-state index is 11.7. The number of carbonyl (C=O) groups is 1. The molecule has 0 spiro atoms. The first kappa shape index (κ1) is 16.4. The maximum Gasteiger partial charge on any atom is 0.310 e. The van der Waals surface area contributed by atoms with E-state index in [2.05, 4.69) is 30.9 Å². The Morgan fingerprint density at radius 1 is 1.05 bits per heavy atom. The minimum absolute atomic E-state index is 0.497. The molecule has 0 atom stereocenters. The van der Waals surface area contributed by atoms with Crippen LogP contribution in [0.2, 0.25) is 0 Å². The van der Waals surface area contributed by atoms with Gasteiger partial charge in [-0.3, -0.25) is 4.79 Å². The molecular weight excluding hydrogens is 240 g/mol. The first-order valence-electron chi connectivity index (χ1n) is 7.53. The molecule has 1 saturated carbocycles. The summed E-state index contributed by atoms with van der Waals surface area (Å²) in [7, 11) is 6.21. The third-order valence-electron chi connectivity index (χ3n) is 4.23. The molecule has 1 fully saturated rings. The SMILES string of the molecule is CN(C)CCCN(C)CC1(C(=O)O)CCCCCC1. The Hall–Kier alpha value is -0.610. The van der Waals surface area contributed by atoms with E-state index >= 15 is 0 Å². The zero-order valence-electron chi connectivity index (χ0n) is 12.8. The molecule has 1 N–H and O–H groups in total. The van der Waals surface area contributed by atoms with Crippen molar-refractivity contribution in [3.63, 3.8) is 0 Å². The van der Waals surface area contributed by atoms with Crippen molar-refractivity contribution in [2.45, 2.75) is 44.9 Å². The Morgan fingerprint density at radius 3 is 2.11 bits per heavy atom. The highest BCUT2D eigenvalue weighted by Crippen LogP contribution is 2.36. The smallest absolute Gasteiger partial charge is 0.310 e. The van der Waals surface area contributed by atoms with Crippen molar-refractivity contribution in [3.8, 4) is 0 Å². The van der Waals surface area contributed by atoms with E-state index in [1.165, 1.54) is 12.8 Å². The number of carboxylic acids is 1. The molecule has 112 valence electrons. The van der Waals surface area contributed by atoms with E-state index < -0.39 is 11.4 Å². The number of rotatable bonds is 7. The van der Waals surface area contributed by atoms with Crippen molar-refractivity contribution in [1.82, 2.24) is 9.80 Å². The van der Waals surface area contributed by atoms with Crippen LogP contribution < -0.4 is 0 Å². The van der Waals surface area contributed by atoms with E-state index in [9.17, 15) is 9.90 Å². The fourth-order valence-corrected chi connectivity index (χ4v) is 3.10. The lowest BCUT2D eigenvalue weighted by Crippen LogP contribution is -2.42. The van der Waals surface area contributed by atoms with Crippen LogP contribution in [0.3, 0.4) is 0 Å². The predicted molar refractivity (Wildman–Crippen MR) is 78.4 cm³/mol. The molecule has 0 aromatic heterocycles. The average Bonchev–Trinajstić information content (AvgIpc) is 2.55. The van der Waals surface area contributed by atoms with Gasteiger partial charge in [-0.2, -0.15) is 0 Å². The van der Waals surface area contributed by atoms with Crippen LogP contribution in [-0.2, 0) is 4.79 Å². The Balaban J connectivity index is 2.50. The van der Waals surface area contributed by atoms with Gasteiger partial charge in [-0.05, 0) is 53.5 Å². The minimum atomic E-state index is -0.589. The van der Waals surface area contributed by atoms with Crippen LogP contribution in [0.5, 0.6) is 0 Å². The van der Waals surface area contributed by atoms with Crippen molar-refractivity contribution in [2.24, 2.45) is 5.41 Å². The number of hydrogen-bond donors (Lipinski definition) is 1. The largest absolute Gasteiger partial charge is 0.481 e. The highest BCUT2D eigenvalue weighted by atomic mass is 16.4. The number of hydrogen-bond acceptors (Lipinski definition) is 3. The van der Waals surface area contributed by atoms with Crippen LogP contribution in [-0.4, -0.2) is 61.7 Å². The van der Waals surface area contributed by atoms with E-state index in [4.69, 9.17) is 0 Å². The van der Waals surface area contributed by atoms with Crippen molar-refractivity contribution in [1.29, 1.82) is 0 Å². The number of nitrogens with zero attached hydrogens (tertiary/aromatic N) is 2. The molecule has 1 aliphatic rings. The van der Waals surface area contributed by atoms with Crippen LogP contribution in [0.15, 0.2) is 0 Å². The monoisotopic (exact) mass is 270 g/mol. The van der Waals surface area contributed by atoms with Crippen LogP contribution in [0, 0.1) is 5.41 Å². The van der Waals surface area contributed by atoms with E-state index in [0.717, 1.165) is 45.2 Å². The summed E-state index contributed by atoms with van der Waals surface area (Å²) in [6.45, 7) is 2.74. The van der Waals surface area contributed by atoms with Gasteiger partial charge in [0.2, 0.25) is 0 Å². The molecule has 0 bridgehead atoms. The molecule has 0 aromatic rings. The lowest BCUT2D eigenvalue weighted by Gasteiger charge is -2.32. The Bertz CT molecular complexity index is 271. The van der Waals surface area contributed by atoms with Gasteiger partial charge in [0.15, 0.2) is 0 Å². The van der Waals surface area contributed by atoms with E-state index in [1.54, 1.807) is 0 Å². The first-order chi connectivity index (χ1) is 8.96. The summed E-state index contributed by atoms with van der Waals surface area (Å²) in [5.74, 6) is -0.589. The molecular formula is C15H30N2O2. The summed E-state index contributed by atoms with van der Waals surface area (Å²) < 4.78 is 0. The highest BCUT2D eigenvalue weighted by Gasteiger charge is 2.39. The Kier molecular flexibility index (Phi) is 6.80. The van der Waals surface area contributed by atoms with Gasteiger partial charge in [0, 0.05) is 6.54 Å². The van der Waals surface area contributed by atoms with Crippen molar-refractivity contribution >= 4 is 5.97 Å². The Morgan fingerprint density at radius 2 is 1.63 bits per heavy atom. The van der Waals surface area contributed by atoms with Gasteiger partial charge in [-0.25, -0.2) is 0 Å². The van der Waals surface area contributed by atoms with Crippen LogP contribution in [0.25, 0.3) is 0 Å². The van der Waals surface area contributed by atoms with Crippen molar-refractivity contribution in [3.05, 3.63) is 0 Å². The van der Waals surface area contributed by atoms with E-state index in [-0.39, 0.29) is 0 Å². The molecule has 0 unspecified atom stereocenters. The normalized spacial score (nSPS) is 19.6. The molecule has 0 saturated heterocycles. The highest BCUT2D eigenvalue weighted by molar-refractivity contribution is 5.75. The maximum absolute atomic E-state index is 11.7. The molecule has 0 radical (unpaired) electrons. The van der Waals surface area contributed by atoms with Crippen LogP contribution in [0.1, 0.15) is 44.9 Å². The zero-order chi connectivity index (χ0) is 14.3. The Labute approximate surface area is 117 Å². The molecule has 4 nitrogen and oxygen atoms in total. The molecule has 4 heteroatoms. The van der Waals surface area contributed by atoms with Gasteiger partial charge in [0.1, 0.15) is 0 Å². The van der Waals surface area contributed by atoms with Gasteiger partial charge in [-0.1, -0.05) is 25.7 Å². The summed E-state index contributed by atoms with van der Waals surface area (Å²) >= 11 is 0. The fraction of sp³-hybridized carbons (Fsp3) is 0.933. The predicted octanol–water partition coefficient (Wildman–Crippen LogP) is 2.30. The van der Waals surface area contributed by atoms with Crippen molar-refractivity contribution in [2.75, 3.05) is 40.8 Å². The van der Waals surface area contributed by atoms with E-state index in [0.29, 0.717) is 6.54 Å². The summed E-state index contributed by atoms with van der Waals surface area (Å²) in [6.07, 6.45) is 7.31. The van der Waals surface area contributed by atoms with Crippen LogP contribution >= 0.6 is 0 Å². The molecule has 0 aromatic carbocycles. The summed E-state index contributed by atoms with van der Waals surface area (Å²) in [5.41, 5.74) is -0.497. The van der Waals surface area contributed by atoms with E-state index in [1.807, 2.05) is 0 Å². The summed E-state index contributed by atoms with van der Waals surface area (Å²) in [4.78, 5) is 16.1. The number of aliphatic carboxylic acids is 1. The average molecular weight is 270 g/mol. The second-order valence-corrected chi connectivity index (χ2v) is 6.39. The number of carboxylic acid groups (broad SMARTS) is 1. The fourth-order valence-electron chi connectivity index (χ4n) is 3.10.